The number of methoxy groups -OCH3 is 1. The van der Waals surface area contributed by atoms with Crippen LogP contribution in [0.4, 0.5) is 22.0 Å². The SMILES string of the molecule is COC(=O)C1CC(NC(=O)C2(C(F)(F)F)CC(c3cc(F)cc(F)c3)=NO2)CO1. The molecule has 158 valence electrons. The smallest absolute Gasteiger partial charge is 0.440 e. The van der Waals surface area contributed by atoms with Crippen LogP contribution in [0, 0.1) is 11.6 Å². The van der Waals surface area contributed by atoms with Gasteiger partial charge in [0, 0.05) is 18.1 Å². The third-order valence-electron chi connectivity index (χ3n) is 4.55. The zero-order chi connectivity index (χ0) is 21.4. The van der Waals surface area contributed by atoms with Crippen molar-refractivity contribution in [2.24, 2.45) is 5.16 Å². The van der Waals surface area contributed by atoms with E-state index in [0.29, 0.717) is 6.07 Å². The lowest BCUT2D eigenvalue weighted by Crippen LogP contribution is -2.59. The molecule has 3 rings (SSSR count). The van der Waals surface area contributed by atoms with E-state index >= 15 is 0 Å². The average Bonchev–Trinajstić information content (AvgIpc) is 3.27. The minimum absolute atomic E-state index is 0.0881. The van der Waals surface area contributed by atoms with Crippen molar-refractivity contribution in [3.05, 3.63) is 35.4 Å². The highest BCUT2D eigenvalue weighted by Gasteiger charge is 2.67. The van der Waals surface area contributed by atoms with Crippen LogP contribution in [0.5, 0.6) is 0 Å². The molecule has 0 radical (unpaired) electrons. The Labute approximate surface area is 160 Å². The van der Waals surface area contributed by atoms with E-state index in [1.807, 2.05) is 0 Å². The standard InChI is InChI=1S/C17H15F5N2O5/c1-27-14(25)13-5-11(7-28-13)23-15(26)16(17(20,21)22)6-12(24-29-16)8-2-9(18)4-10(19)3-8/h2-4,11,13H,5-7H2,1H3,(H,23,26). The molecule has 0 bridgehead atoms. The average molecular weight is 422 g/mol. The fraction of sp³-hybridized carbons (Fsp3) is 0.471. The molecule has 7 nitrogen and oxygen atoms in total. The molecule has 1 fully saturated rings. The van der Waals surface area contributed by atoms with E-state index < -0.39 is 59.6 Å². The highest BCUT2D eigenvalue weighted by Crippen LogP contribution is 2.42. The van der Waals surface area contributed by atoms with Gasteiger partial charge in [-0.25, -0.2) is 13.6 Å². The third-order valence-corrected chi connectivity index (χ3v) is 4.55. The van der Waals surface area contributed by atoms with Crippen LogP contribution >= 0.6 is 0 Å². The Morgan fingerprint density at radius 3 is 2.48 bits per heavy atom. The Hall–Kier alpha value is -2.76. The second-order valence-corrected chi connectivity index (χ2v) is 6.54. The summed E-state index contributed by atoms with van der Waals surface area (Å²) in [6, 6.07) is 1.20. The van der Waals surface area contributed by atoms with Crippen molar-refractivity contribution in [1.82, 2.24) is 5.32 Å². The first-order valence-electron chi connectivity index (χ1n) is 8.34. The van der Waals surface area contributed by atoms with Gasteiger partial charge < -0.3 is 19.6 Å². The number of alkyl halides is 3. The van der Waals surface area contributed by atoms with E-state index in [-0.39, 0.29) is 18.6 Å². The molecule has 1 aromatic carbocycles. The summed E-state index contributed by atoms with van der Waals surface area (Å²) in [5.41, 5.74) is -4.10. The second kappa shape index (κ2) is 7.58. The van der Waals surface area contributed by atoms with E-state index in [1.165, 1.54) is 0 Å². The van der Waals surface area contributed by atoms with E-state index in [2.05, 4.69) is 20.0 Å². The topological polar surface area (TPSA) is 86.2 Å². The molecule has 1 aromatic rings. The lowest BCUT2D eigenvalue weighted by molar-refractivity contribution is -0.259. The Kier molecular flexibility index (Phi) is 5.48. The monoisotopic (exact) mass is 422 g/mol. The number of carbonyl (C=O) groups excluding carboxylic acids is 2. The molecule has 3 unspecified atom stereocenters. The number of nitrogens with one attached hydrogen (secondary N) is 1. The summed E-state index contributed by atoms with van der Waals surface area (Å²) in [6.45, 7) is -0.206. The Bertz CT molecular complexity index is 839. The van der Waals surface area contributed by atoms with E-state index in [0.717, 1.165) is 19.2 Å². The number of benzene rings is 1. The number of carbonyl (C=O) groups is 2. The van der Waals surface area contributed by atoms with Gasteiger partial charge in [0.1, 0.15) is 11.6 Å². The van der Waals surface area contributed by atoms with E-state index in [9.17, 15) is 31.5 Å². The molecule has 1 N–H and O–H groups in total. The number of hydrogen-bond acceptors (Lipinski definition) is 6. The number of rotatable bonds is 4. The summed E-state index contributed by atoms with van der Waals surface area (Å²) in [4.78, 5) is 28.4. The molecule has 2 aliphatic heterocycles. The van der Waals surface area contributed by atoms with Gasteiger partial charge in [0.05, 0.1) is 31.9 Å². The van der Waals surface area contributed by atoms with Crippen LogP contribution < -0.4 is 5.32 Å². The van der Waals surface area contributed by atoms with Gasteiger partial charge in [0.2, 0.25) is 0 Å². The Balaban J connectivity index is 1.77. The summed E-state index contributed by atoms with van der Waals surface area (Å²) >= 11 is 0. The van der Waals surface area contributed by atoms with Crippen molar-refractivity contribution in [1.29, 1.82) is 0 Å². The van der Waals surface area contributed by atoms with Crippen LogP contribution in [0.1, 0.15) is 18.4 Å². The van der Waals surface area contributed by atoms with Crippen LogP contribution in [0.2, 0.25) is 0 Å². The molecular formula is C17H15F5N2O5. The predicted molar refractivity (Wildman–Crippen MR) is 85.7 cm³/mol. The minimum Gasteiger partial charge on any atom is -0.467 e. The zero-order valence-corrected chi connectivity index (χ0v) is 14.9. The van der Waals surface area contributed by atoms with Gasteiger partial charge in [-0.2, -0.15) is 13.2 Å². The fourth-order valence-corrected chi connectivity index (χ4v) is 3.04. The molecule has 1 amide bonds. The quantitative estimate of drug-likeness (QED) is 0.591. The van der Waals surface area contributed by atoms with Crippen LogP contribution in [0.25, 0.3) is 0 Å². The summed E-state index contributed by atoms with van der Waals surface area (Å²) in [5.74, 6) is -4.31. The number of esters is 1. The summed E-state index contributed by atoms with van der Waals surface area (Å²) in [6.07, 6.45) is -7.37. The van der Waals surface area contributed by atoms with Crippen molar-refractivity contribution >= 4 is 17.6 Å². The molecule has 0 aliphatic carbocycles. The lowest BCUT2D eigenvalue weighted by Gasteiger charge is -2.28. The van der Waals surface area contributed by atoms with Crippen LogP contribution in [-0.4, -0.2) is 55.2 Å². The number of nitrogens with zero attached hydrogens (tertiary/aromatic N) is 1. The molecule has 2 aliphatic rings. The van der Waals surface area contributed by atoms with Crippen molar-refractivity contribution in [3.63, 3.8) is 0 Å². The van der Waals surface area contributed by atoms with Crippen LogP contribution in [0.15, 0.2) is 23.4 Å². The number of amides is 1. The molecule has 0 spiro atoms. The third kappa shape index (κ3) is 4.02. The van der Waals surface area contributed by atoms with Gasteiger partial charge in [0.15, 0.2) is 6.10 Å². The second-order valence-electron chi connectivity index (χ2n) is 6.54. The summed E-state index contributed by atoms with van der Waals surface area (Å²) in [5, 5.41) is 5.39. The van der Waals surface area contributed by atoms with E-state index in [1.54, 1.807) is 0 Å². The van der Waals surface area contributed by atoms with Gasteiger partial charge in [-0.05, 0) is 12.1 Å². The van der Waals surface area contributed by atoms with Crippen molar-refractivity contribution in [2.75, 3.05) is 13.7 Å². The first-order valence-corrected chi connectivity index (χ1v) is 8.34. The molecule has 0 saturated carbocycles. The largest absolute Gasteiger partial charge is 0.467 e. The first-order chi connectivity index (χ1) is 13.6. The van der Waals surface area contributed by atoms with Crippen LogP contribution in [-0.2, 0) is 23.9 Å². The van der Waals surface area contributed by atoms with Crippen molar-refractivity contribution in [2.45, 2.75) is 36.8 Å². The maximum Gasteiger partial charge on any atom is 0.440 e. The number of hydrogen-bond donors (Lipinski definition) is 1. The number of ether oxygens (including phenoxy) is 2. The molecule has 3 atom stereocenters. The fourth-order valence-electron chi connectivity index (χ4n) is 3.04. The Morgan fingerprint density at radius 1 is 1.24 bits per heavy atom. The molecule has 1 saturated heterocycles. The van der Waals surface area contributed by atoms with E-state index in [4.69, 9.17) is 4.74 Å². The molecule has 12 heteroatoms. The minimum atomic E-state index is -5.19. The summed E-state index contributed by atoms with van der Waals surface area (Å²) in [7, 11) is 1.12. The van der Waals surface area contributed by atoms with Gasteiger partial charge in [0.25, 0.3) is 5.91 Å². The van der Waals surface area contributed by atoms with Gasteiger partial charge in [-0.15, -0.1) is 0 Å². The molecule has 0 aromatic heterocycles. The molecular weight excluding hydrogens is 407 g/mol. The summed E-state index contributed by atoms with van der Waals surface area (Å²) < 4.78 is 77.5. The predicted octanol–water partition coefficient (Wildman–Crippen LogP) is 1.84. The maximum atomic E-state index is 13.7. The Morgan fingerprint density at radius 2 is 1.90 bits per heavy atom. The van der Waals surface area contributed by atoms with Crippen LogP contribution in [0.3, 0.4) is 0 Å². The highest BCUT2D eigenvalue weighted by molar-refractivity contribution is 6.05. The number of oxime groups is 1. The first kappa shape index (κ1) is 21.0. The molecule has 2 heterocycles. The lowest BCUT2D eigenvalue weighted by atomic mass is 9.92. The van der Waals surface area contributed by atoms with Crippen molar-refractivity contribution in [3.8, 4) is 0 Å². The normalized spacial score (nSPS) is 26.6. The van der Waals surface area contributed by atoms with Gasteiger partial charge in [-0.1, -0.05) is 5.16 Å². The maximum absolute atomic E-state index is 13.7. The molecule has 29 heavy (non-hydrogen) atoms. The highest BCUT2D eigenvalue weighted by atomic mass is 19.4. The van der Waals surface area contributed by atoms with Gasteiger partial charge in [-0.3, -0.25) is 4.79 Å². The van der Waals surface area contributed by atoms with Crippen molar-refractivity contribution < 1.29 is 45.9 Å². The van der Waals surface area contributed by atoms with Gasteiger partial charge >= 0.3 is 17.7 Å². The number of halogens is 5. The zero-order valence-electron chi connectivity index (χ0n) is 14.9.